The molecule has 0 aliphatic heterocycles. The minimum absolute atomic E-state index is 0.00336. The van der Waals surface area contributed by atoms with Gasteiger partial charge in [-0.3, -0.25) is 4.79 Å². The van der Waals surface area contributed by atoms with Gasteiger partial charge in [-0.15, -0.1) is 0 Å². The maximum Gasteiger partial charge on any atom is 0.197 e. The molecule has 1 aromatic heterocycles. The maximum absolute atomic E-state index is 13.1. The van der Waals surface area contributed by atoms with E-state index in [1.165, 1.54) is 12.1 Å². The first-order chi connectivity index (χ1) is 12.2. The predicted octanol–water partition coefficient (Wildman–Crippen LogP) is 2.46. The molecule has 0 bridgehead atoms. The molecule has 0 fully saturated rings. The highest BCUT2D eigenvalue weighted by Crippen LogP contribution is 2.39. The summed E-state index contributed by atoms with van der Waals surface area (Å²) in [5, 5.41) is 30.5. The van der Waals surface area contributed by atoms with E-state index < -0.39 is 17.3 Å². The zero-order chi connectivity index (χ0) is 19.3. The van der Waals surface area contributed by atoms with Crippen molar-refractivity contribution in [3.05, 3.63) is 38.0 Å². The normalized spacial score (nSPS) is 11.2. The number of aryl methyl sites for hydroxylation is 1. The molecule has 0 aliphatic carbocycles. The Hall–Kier alpha value is -1.86. The first-order valence-corrected chi connectivity index (χ1v) is 9.04. The second kappa shape index (κ2) is 6.70. The lowest BCUT2D eigenvalue weighted by molar-refractivity contribution is 0.103. The minimum Gasteiger partial charge on any atom is -0.508 e. The van der Waals surface area contributed by atoms with Crippen molar-refractivity contribution in [3.63, 3.8) is 0 Å². The average Bonchev–Trinajstić information content (AvgIpc) is 3.01. The Morgan fingerprint density at radius 2 is 1.58 bits per heavy atom. The summed E-state index contributed by atoms with van der Waals surface area (Å²) in [7, 11) is 11.4. The van der Waals surface area contributed by atoms with E-state index >= 15 is 0 Å². The van der Waals surface area contributed by atoms with Gasteiger partial charge in [0, 0.05) is 12.0 Å². The third-order valence-electron chi connectivity index (χ3n) is 4.06. The Kier molecular flexibility index (Phi) is 4.88. The van der Waals surface area contributed by atoms with Gasteiger partial charge in [0.2, 0.25) is 0 Å². The lowest BCUT2D eigenvalue weighted by Gasteiger charge is -2.10. The molecule has 2 aromatic carbocycles. The summed E-state index contributed by atoms with van der Waals surface area (Å²) in [6, 6.07) is 2.89. The fraction of sp³-hybridized carbons (Fsp3) is 0.118. The van der Waals surface area contributed by atoms with Crippen LogP contribution in [-0.4, -0.2) is 36.8 Å². The number of aromatic hydroxyl groups is 3. The molecular formula is C17H10B2Br2O5. The maximum atomic E-state index is 13.1. The monoisotopic (exact) mass is 474 g/mol. The number of rotatable bonds is 3. The van der Waals surface area contributed by atoms with Crippen LogP contribution in [0.25, 0.3) is 11.0 Å². The molecule has 0 spiro atoms. The molecule has 3 N–H and O–H groups in total. The van der Waals surface area contributed by atoms with Crippen LogP contribution in [0.2, 0.25) is 0 Å². The lowest BCUT2D eigenvalue weighted by Crippen LogP contribution is -2.26. The van der Waals surface area contributed by atoms with Crippen LogP contribution in [0.3, 0.4) is 0 Å². The van der Waals surface area contributed by atoms with Crippen LogP contribution in [0, 0.1) is 0 Å². The van der Waals surface area contributed by atoms with Gasteiger partial charge in [0.15, 0.2) is 17.1 Å². The number of ketones is 1. The highest BCUT2D eigenvalue weighted by molar-refractivity contribution is 9.11. The van der Waals surface area contributed by atoms with Crippen LogP contribution in [0.5, 0.6) is 17.2 Å². The summed E-state index contributed by atoms with van der Waals surface area (Å²) in [5.74, 6) is -1.12. The number of hydrogen-bond acceptors (Lipinski definition) is 5. The minimum atomic E-state index is -0.471. The van der Waals surface area contributed by atoms with Crippen LogP contribution in [-0.2, 0) is 6.42 Å². The van der Waals surface area contributed by atoms with Crippen molar-refractivity contribution >= 4 is 75.2 Å². The van der Waals surface area contributed by atoms with Gasteiger partial charge in [-0.1, -0.05) is 17.8 Å². The predicted molar refractivity (Wildman–Crippen MR) is 107 cm³/mol. The van der Waals surface area contributed by atoms with E-state index in [1.54, 1.807) is 6.92 Å². The molecule has 3 rings (SSSR count). The summed E-state index contributed by atoms with van der Waals surface area (Å²) < 4.78 is 6.22. The molecule has 0 amide bonds. The van der Waals surface area contributed by atoms with E-state index in [9.17, 15) is 20.1 Å². The van der Waals surface area contributed by atoms with Gasteiger partial charge in [0.05, 0.1) is 19.9 Å². The number of phenolic OH excluding ortho intramolecular Hbond substituents is 3. The number of benzene rings is 2. The first-order valence-electron chi connectivity index (χ1n) is 7.45. The molecule has 4 radical (unpaired) electrons. The van der Waals surface area contributed by atoms with Crippen molar-refractivity contribution in [2.24, 2.45) is 0 Å². The highest BCUT2D eigenvalue weighted by Gasteiger charge is 2.28. The Bertz CT molecular complexity index is 1050. The molecule has 0 saturated heterocycles. The van der Waals surface area contributed by atoms with Crippen LogP contribution < -0.4 is 10.9 Å². The molecule has 26 heavy (non-hydrogen) atoms. The molecule has 0 aliphatic rings. The standard InChI is InChI=1S/C17H10B2Br2O5/c1-2-8-9(13(22)5-3-6(20)14(23)7(21)4-5)10-15(24)11(18)12(19)16(25)17(10)26-8/h3-4,23-25H,2H2,1H3. The summed E-state index contributed by atoms with van der Waals surface area (Å²) in [6.07, 6.45) is 0.328. The van der Waals surface area contributed by atoms with Crippen LogP contribution in [0.1, 0.15) is 28.6 Å². The van der Waals surface area contributed by atoms with Gasteiger partial charge in [-0.25, -0.2) is 0 Å². The van der Waals surface area contributed by atoms with Crippen LogP contribution in [0.4, 0.5) is 0 Å². The molecule has 3 aromatic rings. The van der Waals surface area contributed by atoms with Gasteiger partial charge in [-0.2, -0.15) is 0 Å². The fourth-order valence-electron chi connectivity index (χ4n) is 2.71. The summed E-state index contributed by atoms with van der Waals surface area (Å²) >= 11 is 6.36. The second-order valence-corrected chi connectivity index (χ2v) is 7.31. The Labute approximate surface area is 168 Å². The molecule has 9 heteroatoms. The highest BCUT2D eigenvalue weighted by atomic mass is 79.9. The first kappa shape index (κ1) is 18.9. The Morgan fingerprint density at radius 1 is 1.04 bits per heavy atom. The number of hydrogen-bond donors (Lipinski definition) is 3. The summed E-state index contributed by atoms with van der Waals surface area (Å²) in [4.78, 5) is 13.1. The fourth-order valence-corrected chi connectivity index (χ4v) is 3.90. The molecule has 0 unspecified atom stereocenters. The van der Waals surface area contributed by atoms with Crippen molar-refractivity contribution in [1.82, 2.24) is 0 Å². The second-order valence-electron chi connectivity index (χ2n) is 5.60. The molecule has 5 nitrogen and oxygen atoms in total. The van der Waals surface area contributed by atoms with Gasteiger partial charge >= 0.3 is 0 Å². The average molecular weight is 476 g/mol. The number of furan rings is 1. The van der Waals surface area contributed by atoms with Crippen molar-refractivity contribution < 1.29 is 24.5 Å². The largest absolute Gasteiger partial charge is 0.508 e. The molecule has 0 atom stereocenters. The van der Waals surface area contributed by atoms with Crippen molar-refractivity contribution in [1.29, 1.82) is 0 Å². The lowest BCUT2D eigenvalue weighted by atomic mass is 9.78. The van der Waals surface area contributed by atoms with E-state index in [2.05, 4.69) is 31.9 Å². The van der Waals surface area contributed by atoms with E-state index in [4.69, 9.17) is 20.1 Å². The smallest absolute Gasteiger partial charge is 0.197 e. The van der Waals surface area contributed by atoms with Gasteiger partial charge in [0.1, 0.15) is 33.0 Å². The molecule has 1 heterocycles. The quantitative estimate of drug-likeness (QED) is 0.308. The number of carbonyl (C=O) groups excluding carboxylic acids is 1. The van der Waals surface area contributed by atoms with Crippen molar-refractivity contribution in [2.75, 3.05) is 0 Å². The van der Waals surface area contributed by atoms with Gasteiger partial charge < -0.3 is 19.7 Å². The van der Waals surface area contributed by atoms with Gasteiger partial charge in [0.25, 0.3) is 0 Å². The van der Waals surface area contributed by atoms with Crippen LogP contribution >= 0.6 is 31.9 Å². The van der Waals surface area contributed by atoms with Gasteiger partial charge in [-0.05, 0) is 44.0 Å². The van der Waals surface area contributed by atoms with E-state index in [-0.39, 0.29) is 44.5 Å². The molecule has 128 valence electrons. The van der Waals surface area contributed by atoms with Crippen molar-refractivity contribution in [2.45, 2.75) is 13.3 Å². The number of carbonyl (C=O) groups is 1. The number of phenols is 3. The zero-order valence-corrected chi connectivity index (χ0v) is 16.6. The zero-order valence-electron chi connectivity index (χ0n) is 13.4. The van der Waals surface area contributed by atoms with E-state index in [0.717, 1.165) is 0 Å². The number of halogens is 2. The Morgan fingerprint density at radius 3 is 2.12 bits per heavy atom. The Balaban J connectivity index is 2.36. The number of fused-ring (bicyclic) bond motifs is 1. The summed E-state index contributed by atoms with van der Waals surface area (Å²) in [5.41, 5.74) is -0.257. The third kappa shape index (κ3) is 2.74. The molecular weight excluding hydrogens is 466 g/mol. The topological polar surface area (TPSA) is 90.9 Å². The van der Waals surface area contributed by atoms with Crippen LogP contribution in [0.15, 0.2) is 25.5 Å². The molecule has 0 saturated carbocycles. The van der Waals surface area contributed by atoms with E-state index in [0.29, 0.717) is 15.4 Å². The SMILES string of the molecule is [B]c1c([B])c(O)c2c(C(=O)c3cc(Br)c(O)c(Br)c3)c(CC)oc2c1O. The van der Waals surface area contributed by atoms with E-state index in [1.807, 2.05) is 0 Å². The third-order valence-corrected chi connectivity index (χ3v) is 5.27. The summed E-state index contributed by atoms with van der Waals surface area (Å²) in [6.45, 7) is 1.76. The van der Waals surface area contributed by atoms with Crippen molar-refractivity contribution in [3.8, 4) is 17.2 Å².